The minimum atomic E-state index is -0.673. The number of hydrogen-bond acceptors (Lipinski definition) is 2. The zero-order valence-corrected chi connectivity index (χ0v) is 17.5. The summed E-state index contributed by atoms with van der Waals surface area (Å²) in [5.41, 5.74) is 0.177. The van der Waals surface area contributed by atoms with Crippen LogP contribution in [0.3, 0.4) is 0 Å². The van der Waals surface area contributed by atoms with E-state index in [1.165, 1.54) is 25.7 Å². The Hall–Kier alpha value is -1.21. The molecule has 0 N–H and O–H groups in total. The van der Waals surface area contributed by atoms with E-state index in [0.29, 0.717) is 16.6 Å². The monoisotopic (exact) mass is 413 g/mol. The van der Waals surface area contributed by atoms with Gasteiger partial charge in [0.1, 0.15) is 5.41 Å². The Balaban J connectivity index is 0.00000338. The summed E-state index contributed by atoms with van der Waals surface area (Å²) >= 11 is 12.5. The average Bonchev–Trinajstić information content (AvgIpc) is 3.10. The maximum atomic E-state index is 10.1. The lowest BCUT2D eigenvalue weighted by Crippen LogP contribution is -2.30. The maximum absolute atomic E-state index is 10.1. The highest BCUT2D eigenvalue weighted by Gasteiger charge is 2.34. The molecule has 0 saturated carbocycles. The van der Waals surface area contributed by atoms with E-state index >= 15 is 0 Å². The molecule has 1 atom stereocenters. The molecule has 0 aliphatic rings. The van der Waals surface area contributed by atoms with Crippen LogP contribution in [0.5, 0.6) is 0 Å². The molecular weight excluding hydrogens is 389 g/mol. The van der Waals surface area contributed by atoms with Crippen molar-refractivity contribution in [2.24, 2.45) is 0 Å². The number of nitriles is 1. The van der Waals surface area contributed by atoms with Gasteiger partial charge in [0.25, 0.3) is 0 Å². The zero-order valence-electron chi connectivity index (χ0n) is 15.1. The highest BCUT2D eigenvalue weighted by atomic mass is 35.5. The molecule has 2 aromatic rings. The van der Waals surface area contributed by atoms with Crippen LogP contribution in [0.15, 0.2) is 36.9 Å². The van der Waals surface area contributed by atoms with E-state index in [4.69, 9.17) is 23.2 Å². The summed E-state index contributed by atoms with van der Waals surface area (Å²) in [4.78, 5) is 4.10. The molecule has 142 valence electrons. The second-order valence-corrected chi connectivity index (χ2v) is 7.41. The first-order valence-electron chi connectivity index (χ1n) is 8.94. The number of halogens is 3. The second kappa shape index (κ2) is 11.5. The number of rotatable bonds is 10. The lowest BCUT2D eigenvalue weighted by atomic mass is 9.77. The summed E-state index contributed by atoms with van der Waals surface area (Å²) in [5.74, 6) is 0. The van der Waals surface area contributed by atoms with E-state index in [0.717, 1.165) is 24.8 Å². The summed E-state index contributed by atoms with van der Waals surface area (Å²) < 4.78 is 1.95. The Morgan fingerprint density at radius 3 is 2.50 bits per heavy atom. The molecule has 0 saturated heterocycles. The van der Waals surface area contributed by atoms with Crippen LogP contribution in [0, 0.1) is 11.3 Å². The highest BCUT2D eigenvalue weighted by molar-refractivity contribution is 6.35. The van der Waals surface area contributed by atoms with Crippen molar-refractivity contribution >= 4 is 35.6 Å². The van der Waals surface area contributed by atoms with Gasteiger partial charge >= 0.3 is 0 Å². The lowest BCUT2D eigenvalue weighted by Gasteiger charge is -2.29. The van der Waals surface area contributed by atoms with Gasteiger partial charge in [0.2, 0.25) is 0 Å². The molecule has 0 bridgehead atoms. The predicted octanol–water partition coefficient (Wildman–Crippen LogP) is 6.82. The van der Waals surface area contributed by atoms with Gasteiger partial charge in [-0.1, -0.05) is 74.7 Å². The fourth-order valence-electron chi connectivity index (χ4n) is 3.23. The molecule has 0 radical (unpaired) electrons. The number of nitrogens with zero attached hydrogens (tertiary/aromatic N) is 3. The standard InChI is InChI=1S/C20H25Cl2N3.ClH/c1-2-3-4-5-6-7-10-20(14-23,15-25-12-11-24-16-25)18-9-8-17(21)13-19(18)22;/h8-9,11-13,16H,2-7,10,15H2,1H3;1H. The summed E-state index contributed by atoms with van der Waals surface area (Å²) in [5, 5.41) is 11.2. The van der Waals surface area contributed by atoms with Crippen molar-refractivity contribution in [3.63, 3.8) is 0 Å². The van der Waals surface area contributed by atoms with E-state index in [-0.39, 0.29) is 12.4 Å². The fourth-order valence-corrected chi connectivity index (χ4v) is 3.82. The topological polar surface area (TPSA) is 41.6 Å². The van der Waals surface area contributed by atoms with Crippen molar-refractivity contribution < 1.29 is 0 Å². The molecule has 6 heteroatoms. The third-order valence-corrected chi connectivity index (χ3v) is 5.18. The Morgan fingerprint density at radius 2 is 1.88 bits per heavy atom. The molecule has 1 unspecified atom stereocenters. The fraction of sp³-hybridized carbons (Fsp3) is 0.500. The first kappa shape index (κ1) is 22.8. The largest absolute Gasteiger partial charge is 0.336 e. The van der Waals surface area contributed by atoms with Crippen LogP contribution in [0.1, 0.15) is 57.4 Å². The number of imidazole rings is 1. The summed E-state index contributed by atoms with van der Waals surface area (Å²) in [6, 6.07) is 7.98. The van der Waals surface area contributed by atoms with Crippen LogP contribution in [-0.2, 0) is 12.0 Å². The predicted molar refractivity (Wildman–Crippen MR) is 111 cm³/mol. The number of aromatic nitrogens is 2. The molecule has 0 aliphatic carbocycles. The molecule has 0 aliphatic heterocycles. The first-order valence-corrected chi connectivity index (χ1v) is 9.69. The molecule has 2 rings (SSSR count). The molecule has 1 heterocycles. The van der Waals surface area contributed by atoms with Crippen LogP contribution in [-0.4, -0.2) is 9.55 Å². The van der Waals surface area contributed by atoms with Crippen molar-refractivity contribution in [1.82, 2.24) is 9.55 Å². The van der Waals surface area contributed by atoms with Crippen LogP contribution in [0.25, 0.3) is 0 Å². The lowest BCUT2D eigenvalue weighted by molar-refractivity contribution is 0.403. The minimum absolute atomic E-state index is 0. The molecule has 0 fully saturated rings. The van der Waals surface area contributed by atoms with Gasteiger partial charge in [-0.05, 0) is 24.1 Å². The molecule has 0 amide bonds. The summed E-state index contributed by atoms with van der Waals surface area (Å²) in [6.07, 6.45) is 13.3. The van der Waals surface area contributed by atoms with Crippen LogP contribution in [0.4, 0.5) is 0 Å². The van der Waals surface area contributed by atoms with Crippen LogP contribution >= 0.6 is 35.6 Å². The smallest absolute Gasteiger partial charge is 0.101 e. The summed E-state index contributed by atoms with van der Waals surface area (Å²) in [7, 11) is 0. The minimum Gasteiger partial charge on any atom is -0.336 e. The molecule has 0 spiro atoms. The molecule has 3 nitrogen and oxygen atoms in total. The Labute approximate surface area is 172 Å². The van der Waals surface area contributed by atoms with Crippen molar-refractivity contribution in [3.8, 4) is 6.07 Å². The van der Waals surface area contributed by atoms with E-state index in [1.54, 1.807) is 18.6 Å². The maximum Gasteiger partial charge on any atom is 0.101 e. The van der Waals surface area contributed by atoms with Gasteiger partial charge in [-0.25, -0.2) is 4.98 Å². The number of unbranched alkanes of at least 4 members (excludes halogenated alkanes) is 5. The third kappa shape index (κ3) is 6.20. The van der Waals surface area contributed by atoms with E-state index in [1.807, 2.05) is 22.9 Å². The van der Waals surface area contributed by atoms with Gasteiger partial charge in [0.05, 0.1) is 12.4 Å². The van der Waals surface area contributed by atoms with Crippen molar-refractivity contribution in [2.45, 2.75) is 63.8 Å². The van der Waals surface area contributed by atoms with Gasteiger partial charge in [-0.2, -0.15) is 5.26 Å². The molecule has 26 heavy (non-hydrogen) atoms. The second-order valence-electron chi connectivity index (χ2n) is 6.57. The van der Waals surface area contributed by atoms with Gasteiger partial charge in [-0.3, -0.25) is 0 Å². The van der Waals surface area contributed by atoms with E-state index < -0.39 is 5.41 Å². The van der Waals surface area contributed by atoms with Crippen LogP contribution in [0.2, 0.25) is 10.0 Å². The van der Waals surface area contributed by atoms with Crippen molar-refractivity contribution in [1.29, 1.82) is 5.26 Å². The quantitative estimate of drug-likeness (QED) is 0.400. The van der Waals surface area contributed by atoms with Gasteiger partial charge in [0.15, 0.2) is 0 Å². The number of benzene rings is 1. The number of hydrogen-bond donors (Lipinski definition) is 0. The third-order valence-electron chi connectivity index (χ3n) is 4.63. The van der Waals surface area contributed by atoms with Gasteiger partial charge < -0.3 is 4.57 Å². The Morgan fingerprint density at radius 1 is 1.15 bits per heavy atom. The normalized spacial score (nSPS) is 12.8. The Kier molecular flexibility index (Phi) is 10.1. The van der Waals surface area contributed by atoms with Gasteiger partial charge in [0, 0.05) is 29.0 Å². The SMILES string of the molecule is CCCCCCCCC(C#N)(Cn1ccnc1)c1ccc(Cl)cc1Cl.Cl. The van der Waals surface area contributed by atoms with Crippen molar-refractivity contribution in [2.75, 3.05) is 0 Å². The first-order chi connectivity index (χ1) is 12.1. The van der Waals surface area contributed by atoms with E-state index in [9.17, 15) is 5.26 Å². The molecule has 1 aromatic carbocycles. The Bertz CT molecular complexity index is 695. The van der Waals surface area contributed by atoms with E-state index in [2.05, 4.69) is 18.0 Å². The van der Waals surface area contributed by atoms with Crippen LogP contribution < -0.4 is 0 Å². The summed E-state index contributed by atoms with van der Waals surface area (Å²) in [6.45, 7) is 2.76. The zero-order chi connectivity index (χ0) is 18.1. The molecular formula is C20H26Cl3N3. The highest BCUT2D eigenvalue weighted by Crippen LogP contribution is 2.37. The van der Waals surface area contributed by atoms with Crippen molar-refractivity contribution in [3.05, 3.63) is 52.5 Å². The molecule has 1 aromatic heterocycles. The average molecular weight is 415 g/mol. The van der Waals surface area contributed by atoms with Gasteiger partial charge in [-0.15, -0.1) is 12.4 Å².